The van der Waals surface area contributed by atoms with Crippen LogP contribution in [0.1, 0.15) is 20.3 Å². The van der Waals surface area contributed by atoms with E-state index < -0.39 is 0 Å². The standard InChI is InChI=1S/C12H25N3O/c1-10-7-15(8-11(10)2)9-12(16)14(3)6-4-5-13/h10-11H,4-9,13H2,1-3H3. The zero-order valence-corrected chi connectivity index (χ0v) is 10.8. The summed E-state index contributed by atoms with van der Waals surface area (Å²) < 4.78 is 0. The normalized spacial score (nSPS) is 26.0. The van der Waals surface area contributed by atoms with Gasteiger partial charge in [-0.05, 0) is 24.8 Å². The highest BCUT2D eigenvalue weighted by molar-refractivity contribution is 5.78. The number of amides is 1. The van der Waals surface area contributed by atoms with Gasteiger partial charge in [-0.25, -0.2) is 0 Å². The molecule has 1 aliphatic heterocycles. The van der Waals surface area contributed by atoms with Crippen LogP contribution in [0.5, 0.6) is 0 Å². The molecule has 16 heavy (non-hydrogen) atoms. The zero-order valence-electron chi connectivity index (χ0n) is 10.8. The second-order valence-electron chi connectivity index (χ2n) is 5.11. The lowest BCUT2D eigenvalue weighted by Gasteiger charge is -2.21. The van der Waals surface area contributed by atoms with Crippen molar-refractivity contribution in [2.45, 2.75) is 20.3 Å². The first-order valence-corrected chi connectivity index (χ1v) is 6.21. The highest BCUT2D eigenvalue weighted by Gasteiger charge is 2.27. The Morgan fingerprint density at radius 3 is 2.44 bits per heavy atom. The molecule has 1 saturated heterocycles. The molecule has 4 nitrogen and oxygen atoms in total. The third-order valence-electron chi connectivity index (χ3n) is 3.55. The van der Waals surface area contributed by atoms with E-state index in [0.29, 0.717) is 24.9 Å². The quantitative estimate of drug-likeness (QED) is 0.739. The maximum absolute atomic E-state index is 11.9. The molecule has 94 valence electrons. The van der Waals surface area contributed by atoms with Gasteiger partial charge in [0.1, 0.15) is 0 Å². The predicted octanol–water partition coefficient (Wildman–Crippen LogP) is 0.381. The van der Waals surface area contributed by atoms with E-state index in [1.807, 2.05) is 7.05 Å². The van der Waals surface area contributed by atoms with Crippen molar-refractivity contribution >= 4 is 5.91 Å². The van der Waals surface area contributed by atoms with Crippen LogP contribution in [0.25, 0.3) is 0 Å². The molecule has 1 amide bonds. The summed E-state index contributed by atoms with van der Waals surface area (Å²) >= 11 is 0. The van der Waals surface area contributed by atoms with Crippen molar-refractivity contribution < 1.29 is 4.79 Å². The topological polar surface area (TPSA) is 49.6 Å². The molecule has 0 spiro atoms. The fourth-order valence-electron chi connectivity index (χ4n) is 2.14. The number of carbonyl (C=O) groups is 1. The molecule has 2 unspecified atom stereocenters. The number of carbonyl (C=O) groups excluding carboxylic acids is 1. The van der Waals surface area contributed by atoms with E-state index in [4.69, 9.17) is 5.73 Å². The first kappa shape index (κ1) is 13.5. The molecule has 0 radical (unpaired) electrons. The van der Waals surface area contributed by atoms with E-state index in [0.717, 1.165) is 26.1 Å². The van der Waals surface area contributed by atoms with Crippen molar-refractivity contribution in [3.05, 3.63) is 0 Å². The summed E-state index contributed by atoms with van der Waals surface area (Å²) in [6, 6.07) is 0. The van der Waals surface area contributed by atoms with Crippen LogP contribution in [-0.4, -0.2) is 55.5 Å². The number of likely N-dealkylation sites (tertiary alicyclic amines) is 1. The van der Waals surface area contributed by atoms with Crippen molar-refractivity contribution in [2.24, 2.45) is 17.6 Å². The van der Waals surface area contributed by atoms with Gasteiger partial charge in [-0.3, -0.25) is 9.69 Å². The fourth-order valence-corrected chi connectivity index (χ4v) is 2.14. The van der Waals surface area contributed by atoms with Crippen LogP contribution < -0.4 is 5.73 Å². The van der Waals surface area contributed by atoms with Crippen molar-refractivity contribution in [3.8, 4) is 0 Å². The van der Waals surface area contributed by atoms with Gasteiger partial charge in [0.2, 0.25) is 5.91 Å². The third kappa shape index (κ3) is 3.76. The maximum atomic E-state index is 11.9. The molecule has 1 fully saturated rings. The number of hydrogen-bond acceptors (Lipinski definition) is 3. The van der Waals surface area contributed by atoms with E-state index in [2.05, 4.69) is 18.7 Å². The summed E-state index contributed by atoms with van der Waals surface area (Å²) in [7, 11) is 1.86. The molecule has 0 bridgehead atoms. The minimum absolute atomic E-state index is 0.217. The average molecular weight is 227 g/mol. The Labute approximate surface area is 98.8 Å². The Bertz CT molecular complexity index is 222. The third-order valence-corrected chi connectivity index (χ3v) is 3.55. The Hall–Kier alpha value is -0.610. The summed E-state index contributed by atoms with van der Waals surface area (Å²) in [4.78, 5) is 15.9. The lowest BCUT2D eigenvalue weighted by Crippen LogP contribution is -2.38. The van der Waals surface area contributed by atoms with Crippen molar-refractivity contribution in [3.63, 3.8) is 0 Å². The van der Waals surface area contributed by atoms with E-state index in [1.54, 1.807) is 4.90 Å². The van der Waals surface area contributed by atoms with Crippen LogP contribution >= 0.6 is 0 Å². The maximum Gasteiger partial charge on any atom is 0.236 e. The van der Waals surface area contributed by atoms with Crippen LogP contribution in [0, 0.1) is 11.8 Å². The Balaban J connectivity index is 2.29. The molecule has 0 aliphatic carbocycles. The van der Waals surface area contributed by atoms with Gasteiger partial charge in [0, 0.05) is 26.7 Å². The van der Waals surface area contributed by atoms with Gasteiger partial charge >= 0.3 is 0 Å². The molecule has 0 aromatic heterocycles. The summed E-state index contributed by atoms with van der Waals surface area (Å²) in [6.07, 6.45) is 0.884. The number of nitrogens with two attached hydrogens (primary N) is 1. The van der Waals surface area contributed by atoms with E-state index in [1.165, 1.54) is 0 Å². The summed E-state index contributed by atoms with van der Waals surface area (Å²) in [5.74, 6) is 1.64. The molecule has 2 N–H and O–H groups in total. The van der Waals surface area contributed by atoms with Gasteiger partial charge in [0.15, 0.2) is 0 Å². The van der Waals surface area contributed by atoms with Crippen LogP contribution in [0.3, 0.4) is 0 Å². The number of nitrogens with zero attached hydrogens (tertiary/aromatic N) is 2. The van der Waals surface area contributed by atoms with Gasteiger partial charge < -0.3 is 10.6 Å². The van der Waals surface area contributed by atoms with Crippen molar-refractivity contribution in [1.29, 1.82) is 0 Å². The van der Waals surface area contributed by atoms with E-state index in [9.17, 15) is 4.79 Å². The molecule has 0 saturated carbocycles. The van der Waals surface area contributed by atoms with Crippen LogP contribution in [-0.2, 0) is 4.79 Å². The predicted molar refractivity (Wildman–Crippen MR) is 66.1 cm³/mol. The molecular weight excluding hydrogens is 202 g/mol. The summed E-state index contributed by atoms with van der Waals surface area (Å²) in [6.45, 7) is 8.61. The van der Waals surface area contributed by atoms with Gasteiger partial charge in [-0.2, -0.15) is 0 Å². The lowest BCUT2D eigenvalue weighted by atomic mass is 10.0. The summed E-state index contributed by atoms with van der Waals surface area (Å²) in [5, 5.41) is 0. The van der Waals surface area contributed by atoms with Gasteiger partial charge in [-0.1, -0.05) is 13.8 Å². The fraction of sp³-hybridized carbons (Fsp3) is 0.917. The first-order chi connectivity index (χ1) is 7.54. The monoisotopic (exact) mass is 227 g/mol. The first-order valence-electron chi connectivity index (χ1n) is 6.21. The molecule has 4 heteroatoms. The summed E-state index contributed by atoms with van der Waals surface area (Å²) in [5.41, 5.74) is 5.43. The highest BCUT2D eigenvalue weighted by atomic mass is 16.2. The van der Waals surface area contributed by atoms with E-state index >= 15 is 0 Å². The number of hydrogen-bond donors (Lipinski definition) is 1. The molecule has 1 heterocycles. The second kappa shape index (κ2) is 6.21. The van der Waals surface area contributed by atoms with Gasteiger partial charge in [0.05, 0.1) is 6.54 Å². The largest absolute Gasteiger partial charge is 0.345 e. The Kier molecular flexibility index (Phi) is 5.22. The number of rotatable bonds is 5. The van der Waals surface area contributed by atoms with Crippen molar-refractivity contribution in [1.82, 2.24) is 9.80 Å². The molecular formula is C12H25N3O. The Morgan fingerprint density at radius 1 is 1.38 bits per heavy atom. The smallest absolute Gasteiger partial charge is 0.236 e. The van der Waals surface area contributed by atoms with Crippen LogP contribution in [0.4, 0.5) is 0 Å². The van der Waals surface area contributed by atoms with Crippen LogP contribution in [0.15, 0.2) is 0 Å². The number of likely N-dealkylation sites (N-methyl/N-ethyl adjacent to an activating group) is 1. The average Bonchev–Trinajstić information content (AvgIpc) is 2.54. The van der Waals surface area contributed by atoms with Crippen molar-refractivity contribution in [2.75, 3.05) is 39.8 Å². The minimum atomic E-state index is 0.217. The highest BCUT2D eigenvalue weighted by Crippen LogP contribution is 2.21. The van der Waals surface area contributed by atoms with Gasteiger partial charge in [0.25, 0.3) is 0 Å². The van der Waals surface area contributed by atoms with Gasteiger partial charge in [-0.15, -0.1) is 0 Å². The second-order valence-corrected chi connectivity index (χ2v) is 5.11. The van der Waals surface area contributed by atoms with E-state index in [-0.39, 0.29) is 5.91 Å². The zero-order chi connectivity index (χ0) is 12.1. The molecule has 0 aromatic rings. The Morgan fingerprint density at radius 2 is 1.94 bits per heavy atom. The lowest BCUT2D eigenvalue weighted by molar-refractivity contribution is -0.130. The molecule has 0 aromatic carbocycles. The molecule has 2 atom stereocenters. The molecule has 1 rings (SSSR count). The molecule has 1 aliphatic rings. The minimum Gasteiger partial charge on any atom is -0.345 e. The van der Waals surface area contributed by atoms with Crippen LogP contribution in [0.2, 0.25) is 0 Å². The SMILES string of the molecule is CC1CN(CC(=O)N(C)CCCN)CC1C.